The molecule has 3 nitrogen and oxygen atoms in total. The first-order valence-electron chi connectivity index (χ1n) is 7.82. The van der Waals surface area contributed by atoms with E-state index in [0.717, 1.165) is 33.8 Å². The Bertz CT molecular complexity index is 542. The number of methoxy groups -OCH3 is 2. The molecule has 0 aliphatic rings. The zero-order valence-corrected chi connectivity index (χ0v) is 16.9. The van der Waals surface area contributed by atoms with Crippen molar-refractivity contribution in [2.24, 2.45) is 0 Å². The van der Waals surface area contributed by atoms with Gasteiger partial charge in [-0.05, 0) is 50.0 Å². The molecule has 0 saturated carbocycles. The van der Waals surface area contributed by atoms with Crippen LogP contribution in [-0.4, -0.2) is 22.5 Å². The molecule has 1 rings (SSSR count). The summed E-state index contributed by atoms with van der Waals surface area (Å²) in [5.41, 5.74) is 4.47. The summed E-state index contributed by atoms with van der Waals surface area (Å²) in [6, 6.07) is 0. The topological polar surface area (TPSA) is 27.7 Å². The normalized spacial score (nSPS) is 12.5. The van der Waals surface area contributed by atoms with Crippen LogP contribution in [0.3, 0.4) is 0 Å². The van der Waals surface area contributed by atoms with Crippen molar-refractivity contribution < 1.29 is 13.9 Å². The first kappa shape index (κ1) is 19.0. The average molecular weight is 325 g/mol. The second kappa shape index (κ2) is 6.63. The molecule has 22 heavy (non-hydrogen) atoms. The van der Waals surface area contributed by atoms with Crippen LogP contribution >= 0.6 is 0 Å². The molecule has 0 bridgehead atoms. The zero-order valence-electron chi connectivity index (χ0n) is 15.9. The smallest absolute Gasteiger partial charge is 0.192 e. The Kier molecular flexibility index (Phi) is 5.74. The predicted molar refractivity (Wildman–Crippen MR) is 95.7 cm³/mol. The molecule has 0 aliphatic heterocycles. The predicted octanol–water partition coefficient (Wildman–Crippen LogP) is 5.15. The van der Waals surface area contributed by atoms with E-state index in [1.165, 1.54) is 0 Å². The van der Waals surface area contributed by atoms with Gasteiger partial charge < -0.3 is 13.9 Å². The molecule has 0 radical (unpaired) electrons. The Morgan fingerprint density at radius 2 is 1.27 bits per heavy atom. The first-order valence-corrected chi connectivity index (χ1v) is 10.7. The quantitative estimate of drug-likeness (QED) is 0.701. The molecule has 1 aromatic carbocycles. The third-order valence-electron chi connectivity index (χ3n) is 5.10. The lowest BCUT2D eigenvalue weighted by Crippen LogP contribution is -2.40. The molecular formula is C18H32O3Si. The van der Waals surface area contributed by atoms with Crippen LogP contribution in [-0.2, 0) is 11.0 Å². The van der Waals surface area contributed by atoms with Crippen molar-refractivity contribution in [1.82, 2.24) is 0 Å². The SMILES string of the molecule is COc1c(C)c(C)c(OC)c(CO[Si](C)(C)C(C)(C)C)c1C. The van der Waals surface area contributed by atoms with E-state index < -0.39 is 8.32 Å². The van der Waals surface area contributed by atoms with Crippen molar-refractivity contribution in [3.63, 3.8) is 0 Å². The summed E-state index contributed by atoms with van der Waals surface area (Å²) in [5.74, 6) is 1.86. The highest BCUT2D eigenvalue weighted by Gasteiger charge is 2.37. The molecule has 126 valence electrons. The molecule has 0 aliphatic carbocycles. The Balaban J connectivity index is 3.28. The van der Waals surface area contributed by atoms with Crippen molar-refractivity contribution in [2.45, 2.75) is 66.3 Å². The van der Waals surface area contributed by atoms with Gasteiger partial charge in [0.25, 0.3) is 0 Å². The Labute approximate surface area is 137 Å². The maximum atomic E-state index is 6.40. The van der Waals surface area contributed by atoms with Crippen molar-refractivity contribution in [1.29, 1.82) is 0 Å². The number of hydrogen-bond acceptors (Lipinski definition) is 3. The molecule has 1 aromatic rings. The van der Waals surface area contributed by atoms with Crippen LogP contribution in [0, 0.1) is 20.8 Å². The molecular weight excluding hydrogens is 292 g/mol. The van der Waals surface area contributed by atoms with Crippen molar-refractivity contribution in [2.75, 3.05) is 14.2 Å². The van der Waals surface area contributed by atoms with Crippen LogP contribution in [0.5, 0.6) is 11.5 Å². The Morgan fingerprint density at radius 3 is 1.68 bits per heavy atom. The fourth-order valence-corrected chi connectivity index (χ4v) is 3.32. The van der Waals surface area contributed by atoms with Gasteiger partial charge in [0.2, 0.25) is 0 Å². The van der Waals surface area contributed by atoms with Gasteiger partial charge in [0.1, 0.15) is 11.5 Å². The van der Waals surface area contributed by atoms with Crippen LogP contribution < -0.4 is 9.47 Å². The summed E-state index contributed by atoms with van der Waals surface area (Å²) in [6.45, 7) is 18.1. The van der Waals surface area contributed by atoms with Crippen molar-refractivity contribution in [3.05, 3.63) is 22.3 Å². The molecule has 0 N–H and O–H groups in total. The minimum absolute atomic E-state index is 0.192. The number of hydrogen-bond donors (Lipinski definition) is 0. The second-order valence-corrected chi connectivity index (χ2v) is 12.3. The van der Waals surface area contributed by atoms with Crippen LogP contribution in [0.25, 0.3) is 0 Å². The maximum Gasteiger partial charge on any atom is 0.192 e. The van der Waals surface area contributed by atoms with Gasteiger partial charge in [0.05, 0.1) is 20.8 Å². The van der Waals surface area contributed by atoms with E-state index in [1.54, 1.807) is 14.2 Å². The lowest BCUT2D eigenvalue weighted by atomic mass is 9.98. The maximum absolute atomic E-state index is 6.40. The Morgan fingerprint density at radius 1 is 0.818 bits per heavy atom. The molecule has 0 fully saturated rings. The van der Waals surface area contributed by atoms with Gasteiger partial charge in [-0.1, -0.05) is 20.8 Å². The van der Waals surface area contributed by atoms with Crippen LogP contribution in [0.2, 0.25) is 18.1 Å². The minimum Gasteiger partial charge on any atom is -0.496 e. The van der Waals surface area contributed by atoms with E-state index in [0.29, 0.717) is 6.61 Å². The van der Waals surface area contributed by atoms with Gasteiger partial charge in [-0.3, -0.25) is 0 Å². The number of ether oxygens (including phenoxy) is 2. The van der Waals surface area contributed by atoms with Gasteiger partial charge in [-0.15, -0.1) is 0 Å². The van der Waals surface area contributed by atoms with Crippen LogP contribution in [0.15, 0.2) is 0 Å². The summed E-state index contributed by atoms with van der Waals surface area (Å²) in [5, 5.41) is 0.192. The molecule has 4 heteroatoms. The average Bonchev–Trinajstić information content (AvgIpc) is 2.40. The van der Waals surface area contributed by atoms with E-state index >= 15 is 0 Å². The van der Waals surface area contributed by atoms with Crippen LogP contribution in [0.4, 0.5) is 0 Å². The summed E-state index contributed by atoms with van der Waals surface area (Å²) in [7, 11) is 1.65. The van der Waals surface area contributed by atoms with E-state index in [4.69, 9.17) is 13.9 Å². The van der Waals surface area contributed by atoms with Gasteiger partial charge in [0.15, 0.2) is 8.32 Å². The van der Waals surface area contributed by atoms with Crippen molar-refractivity contribution in [3.8, 4) is 11.5 Å². The summed E-state index contributed by atoms with van der Waals surface area (Å²) in [4.78, 5) is 0. The third-order valence-corrected chi connectivity index (χ3v) is 9.58. The molecule has 0 aromatic heterocycles. The van der Waals surface area contributed by atoms with E-state index in [1.807, 2.05) is 0 Å². The Hall–Kier alpha value is -1.00. The van der Waals surface area contributed by atoms with Gasteiger partial charge in [0, 0.05) is 11.1 Å². The lowest BCUT2D eigenvalue weighted by molar-refractivity contribution is 0.267. The van der Waals surface area contributed by atoms with E-state index in [2.05, 4.69) is 54.6 Å². The number of rotatable bonds is 5. The highest BCUT2D eigenvalue weighted by Crippen LogP contribution is 2.41. The lowest BCUT2D eigenvalue weighted by Gasteiger charge is -2.36. The summed E-state index contributed by atoms with van der Waals surface area (Å²) < 4.78 is 17.7. The van der Waals surface area contributed by atoms with E-state index in [9.17, 15) is 0 Å². The fourth-order valence-electron chi connectivity index (χ4n) is 2.38. The minimum atomic E-state index is -1.80. The van der Waals surface area contributed by atoms with Crippen molar-refractivity contribution >= 4 is 8.32 Å². The first-order chi connectivity index (χ1) is 9.97. The van der Waals surface area contributed by atoms with Gasteiger partial charge in [-0.25, -0.2) is 0 Å². The summed E-state index contributed by atoms with van der Waals surface area (Å²) in [6.07, 6.45) is 0. The van der Waals surface area contributed by atoms with Gasteiger partial charge in [-0.2, -0.15) is 0 Å². The number of benzene rings is 1. The summed E-state index contributed by atoms with van der Waals surface area (Å²) >= 11 is 0. The zero-order chi connectivity index (χ0) is 17.3. The van der Waals surface area contributed by atoms with E-state index in [-0.39, 0.29) is 5.04 Å². The molecule has 0 saturated heterocycles. The molecule has 0 amide bonds. The monoisotopic (exact) mass is 324 g/mol. The highest BCUT2D eigenvalue weighted by atomic mass is 28.4. The highest BCUT2D eigenvalue weighted by molar-refractivity contribution is 6.74. The molecule has 0 atom stereocenters. The fraction of sp³-hybridized carbons (Fsp3) is 0.667. The second-order valence-electron chi connectivity index (χ2n) is 7.47. The molecule has 0 heterocycles. The van der Waals surface area contributed by atoms with Crippen LogP contribution in [0.1, 0.15) is 43.0 Å². The molecule has 0 spiro atoms. The largest absolute Gasteiger partial charge is 0.496 e. The third kappa shape index (κ3) is 3.49. The van der Waals surface area contributed by atoms with Gasteiger partial charge >= 0.3 is 0 Å². The molecule has 0 unspecified atom stereocenters. The standard InChI is InChI=1S/C18H32O3Si/c1-12-13(2)17(20-8)15(14(3)16(12)19-7)11-21-22(9,10)18(4,5)6/h11H2,1-10H3.